The van der Waals surface area contributed by atoms with Gasteiger partial charge in [0.05, 0.1) is 124 Å². The maximum atomic E-state index is 14.0. The fourth-order valence-electron chi connectivity index (χ4n) is 9.12. The summed E-state index contributed by atoms with van der Waals surface area (Å²) in [5.74, 6) is -10.6. The van der Waals surface area contributed by atoms with Crippen molar-refractivity contribution in [3.05, 3.63) is 216 Å². The van der Waals surface area contributed by atoms with Gasteiger partial charge in [-0.15, -0.1) is 0 Å². The Morgan fingerprint density at radius 2 is 0.776 bits per heavy atom. The van der Waals surface area contributed by atoms with Gasteiger partial charge in [-0.3, -0.25) is 49.5 Å². The number of ether oxygens (including phenoxy) is 5. The SMILES string of the molecule is CN(C)Cc1cccc(Cl)c1C(=O)Nc1cn[nH]c1C(=O)O.COCCOc1cccc(F)c1C(=O)Nc1cn[nH]c1C(=O)O.COCc1cccc(Cl)c1C(=O)Nc1cn[nH]c1C(=O)O.COc1ccc(F)c(C(=O)Nc2cn[nH]c2C(=O)O)c1Cl.COc1cccc(C)c1C(=O)Nc1cn[nH]c1C(=O)O. The van der Waals surface area contributed by atoms with Crippen molar-refractivity contribution in [3.8, 4) is 17.2 Å². The first-order chi connectivity index (χ1) is 51.0. The number of methoxy groups -OCH3 is 4. The fourth-order valence-corrected chi connectivity index (χ4v) is 10.00. The van der Waals surface area contributed by atoms with Crippen molar-refractivity contribution >= 4 is 123 Å². The summed E-state index contributed by atoms with van der Waals surface area (Å²) in [5, 5.41) is 86.3. The van der Waals surface area contributed by atoms with E-state index in [0.717, 1.165) is 35.7 Å². The summed E-state index contributed by atoms with van der Waals surface area (Å²) < 4.78 is 52.9. The summed E-state index contributed by atoms with van der Waals surface area (Å²) in [6, 6.07) is 21.6. The zero-order valence-corrected chi connectivity index (χ0v) is 59.0. The van der Waals surface area contributed by atoms with Gasteiger partial charge in [-0.1, -0.05) is 77.3 Å². The quantitative estimate of drug-likeness (QED) is 0.0237. The van der Waals surface area contributed by atoms with Gasteiger partial charge in [-0.05, 0) is 80.2 Å². The minimum Gasteiger partial charge on any atom is -0.496 e. The van der Waals surface area contributed by atoms with Crippen LogP contribution in [0.5, 0.6) is 17.2 Å². The van der Waals surface area contributed by atoms with Crippen LogP contribution in [0.4, 0.5) is 37.2 Å². The van der Waals surface area contributed by atoms with Crippen LogP contribution in [0.25, 0.3) is 0 Å². The van der Waals surface area contributed by atoms with Gasteiger partial charge >= 0.3 is 29.8 Å². The summed E-state index contributed by atoms with van der Waals surface area (Å²) in [5.41, 5.74) is 1.07. The van der Waals surface area contributed by atoms with E-state index in [-0.39, 0.29) is 109 Å². The molecule has 107 heavy (non-hydrogen) atoms. The average molecular weight is 1540 g/mol. The summed E-state index contributed by atoms with van der Waals surface area (Å²) >= 11 is 18.1. The molecule has 41 heteroatoms. The van der Waals surface area contributed by atoms with Gasteiger partial charge < -0.3 is 80.7 Å². The molecule has 0 unspecified atom stereocenters. The number of aryl methyl sites for hydroxylation is 1. The van der Waals surface area contributed by atoms with E-state index in [1.807, 2.05) is 19.0 Å². The maximum absolute atomic E-state index is 14.0. The van der Waals surface area contributed by atoms with Crippen molar-refractivity contribution in [2.75, 3.05) is 82.3 Å². The van der Waals surface area contributed by atoms with E-state index in [2.05, 4.69) is 77.6 Å². The molecule has 0 spiro atoms. The first-order valence-electron chi connectivity index (χ1n) is 30.1. The van der Waals surface area contributed by atoms with E-state index in [1.54, 1.807) is 61.5 Å². The molecule has 10 rings (SSSR count). The molecule has 15 N–H and O–H groups in total. The molecule has 5 heterocycles. The first kappa shape index (κ1) is 82.8. The standard InChI is InChI=1S/C14H15ClN4O3.C14H14FN3O5.C13H12ClN3O4.C13H13N3O4.C12H9ClFN3O4/c1-19(2)7-8-4-3-5-9(15)11(8)13(20)17-10-6-16-18-12(10)14(21)22;1-22-5-6-23-10-4-2-3-8(15)11(10)13(19)17-9-7-16-18-12(9)14(20)21;1-21-6-7-3-2-4-8(14)10(7)12(18)16-9-5-15-17-11(9)13(19)20;1-7-4-3-5-9(20-2)10(7)12(17)15-8-6-14-16-11(8)13(18)19;1-21-7-3-2-5(14)8(9(7)13)11(18)16-6-4-15-17-10(6)12(19)20/h3-6H,7H2,1-2H3,(H,16,18)(H,17,20)(H,21,22);2-4,7H,5-6H2,1H3,(H,16,18)(H,17,19)(H,20,21);2-5H,6H2,1H3,(H,15,17)(H,16,18)(H,19,20);3-6H,1-2H3,(H,14,16)(H,15,17)(H,18,19);2-4H,1H3,(H,15,17)(H,16,18)(H,19,20). The highest BCUT2D eigenvalue weighted by molar-refractivity contribution is 6.36. The van der Waals surface area contributed by atoms with Crippen molar-refractivity contribution in [1.82, 2.24) is 55.9 Å². The molecule has 0 fully saturated rings. The normalized spacial score (nSPS) is 10.4. The zero-order chi connectivity index (χ0) is 78.8. The smallest absolute Gasteiger partial charge is 0.356 e. The summed E-state index contributed by atoms with van der Waals surface area (Å²) in [4.78, 5) is 118. The number of benzene rings is 5. The van der Waals surface area contributed by atoms with Gasteiger partial charge in [0.1, 0.15) is 41.1 Å². The van der Waals surface area contributed by atoms with Crippen LogP contribution in [0, 0.1) is 18.6 Å². The molecule has 5 aromatic carbocycles. The molecule has 0 atom stereocenters. The molecular weight excluding hydrogens is 1480 g/mol. The number of carboxylic acids is 5. The number of halogens is 5. The van der Waals surface area contributed by atoms with Crippen LogP contribution in [0.1, 0.15) is 121 Å². The minimum absolute atomic E-state index is 0.0277. The number of carboxylic acid groups (broad SMARTS) is 5. The van der Waals surface area contributed by atoms with Crippen molar-refractivity contribution in [2.45, 2.75) is 20.1 Å². The van der Waals surface area contributed by atoms with Gasteiger partial charge in [-0.2, -0.15) is 25.5 Å². The Hall–Kier alpha value is -13.1. The second-order valence-corrected chi connectivity index (χ2v) is 22.5. The van der Waals surface area contributed by atoms with Gasteiger partial charge in [0.25, 0.3) is 29.5 Å². The van der Waals surface area contributed by atoms with E-state index >= 15 is 0 Å². The number of nitrogens with zero attached hydrogens (tertiary/aromatic N) is 6. The number of hydrogen-bond donors (Lipinski definition) is 15. The van der Waals surface area contributed by atoms with Crippen LogP contribution in [0.3, 0.4) is 0 Å². The molecule has 36 nitrogen and oxygen atoms in total. The molecule has 0 aliphatic heterocycles. The molecule has 10 aromatic rings. The molecule has 5 amide bonds. The Balaban J connectivity index is 0.000000209. The predicted molar refractivity (Wildman–Crippen MR) is 378 cm³/mol. The van der Waals surface area contributed by atoms with Crippen molar-refractivity contribution in [2.24, 2.45) is 0 Å². The number of amides is 5. The first-order valence-corrected chi connectivity index (χ1v) is 31.3. The summed E-state index contributed by atoms with van der Waals surface area (Å²) in [6.07, 6.45) is 5.91. The Morgan fingerprint density at radius 1 is 0.421 bits per heavy atom. The highest BCUT2D eigenvalue weighted by Gasteiger charge is 2.27. The van der Waals surface area contributed by atoms with Crippen molar-refractivity contribution < 1.29 is 106 Å². The van der Waals surface area contributed by atoms with E-state index in [0.29, 0.717) is 34.0 Å². The lowest BCUT2D eigenvalue weighted by Crippen LogP contribution is -2.19. The second kappa shape index (κ2) is 39.5. The molecule has 5 aromatic heterocycles. The number of aromatic amines is 5. The molecule has 0 radical (unpaired) electrons. The maximum Gasteiger partial charge on any atom is 0.356 e. The van der Waals surface area contributed by atoms with Gasteiger partial charge in [0.2, 0.25) is 0 Å². The van der Waals surface area contributed by atoms with E-state index in [9.17, 15) is 56.7 Å². The molecule has 0 saturated carbocycles. The second-order valence-electron chi connectivity index (χ2n) is 21.4. The minimum atomic E-state index is -1.32. The van der Waals surface area contributed by atoms with E-state index in [4.69, 9.17) is 84.0 Å². The number of carbonyl (C=O) groups is 10. The lowest BCUT2D eigenvalue weighted by molar-refractivity contribution is 0.0680. The van der Waals surface area contributed by atoms with Crippen LogP contribution >= 0.6 is 34.8 Å². The number of carbonyl (C=O) groups excluding carboxylic acids is 5. The number of aromatic carboxylic acids is 5. The van der Waals surface area contributed by atoms with Crippen LogP contribution in [-0.4, -0.2) is 197 Å². The molecule has 0 aliphatic carbocycles. The highest BCUT2D eigenvalue weighted by Crippen LogP contribution is 2.32. The number of rotatable bonds is 25. The zero-order valence-electron chi connectivity index (χ0n) is 56.7. The van der Waals surface area contributed by atoms with Crippen LogP contribution in [0.2, 0.25) is 15.1 Å². The third kappa shape index (κ3) is 22.2. The third-order valence-electron chi connectivity index (χ3n) is 13.9. The van der Waals surface area contributed by atoms with Gasteiger partial charge in [0.15, 0.2) is 28.5 Å². The van der Waals surface area contributed by atoms with E-state index in [1.165, 1.54) is 65.2 Å². The number of hydrogen-bond acceptors (Lipinski definition) is 21. The topological polar surface area (TPSA) is 525 Å². The van der Waals surface area contributed by atoms with Crippen molar-refractivity contribution in [1.29, 1.82) is 0 Å². The van der Waals surface area contributed by atoms with E-state index < -0.39 is 76.6 Å². The van der Waals surface area contributed by atoms with Gasteiger partial charge in [0, 0.05) is 20.8 Å². The Labute approximate surface area is 617 Å². The highest BCUT2D eigenvalue weighted by atomic mass is 35.5. The summed E-state index contributed by atoms with van der Waals surface area (Å²) in [6.45, 7) is 2.90. The van der Waals surface area contributed by atoms with Crippen LogP contribution < -0.4 is 40.8 Å². The Bertz CT molecular complexity index is 4890. The monoisotopic (exact) mass is 1540 g/mol. The van der Waals surface area contributed by atoms with Gasteiger partial charge in [-0.25, -0.2) is 32.8 Å². The molecule has 0 saturated heterocycles. The van der Waals surface area contributed by atoms with Crippen molar-refractivity contribution in [3.63, 3.8) is 0 Å². The summed E-state index contributed by atoms with van der Waals surface area (Å²) in [7, 11) is 9.52. The molecule has 0 bridgehead atoms. The number of anilines is 5. The number of nitrogens with one attached hydrogen (secondary N) is 10. The Kier molecular flexibility index (Phi) is 30.6. The Morgan fingerprint density at radius 3 is 1.17 bits per heavy atom. The lowest BCUT2D eigenvalue weighted by atomic mass is 10.1. The molecular formula is C66H63Cl3F2N16O20. The molecule has 562 valence electrons. The number of H-pyrrole nitrogens is 5. The fraction of sp³-hybridized carbons (Fsp3) is 0.167. The number of aromatic nitrogens is 10. The third-order valence-corrected chi connectivity index (χ3v) is 14.9. The van der Waals surface area contributed by atoms with Crippen LogP contribution in [-0.2, 0) is 22.6 Å². The van der Waals surface area contributed by atoms with Crippen LogP contribution in [0.15, 0.2) is 116 Å². The average Bonchev–Trinajstić information content (AvgIpc) is 1.50. The molecule has 0 aliphatic rings. The largest absolute Gasteiger partial charge is 0.496 e. The lowest BCUT2D eigenvalue weighted by Gasteiger charge is -2.15. The predicted octanol–water partition coefficient (Wildman–Crippen LogP) is 9.60.